The molecule has 0 aromatic heterocycles. The third-order valence-corrected chi connectivity index (χ3v) is 3.21. The van der Waals surface area contributed by atoms with E-state index in [-0.39, 0.29) is 23.7 Å². The lowest BCUT2D eigenvalue weighted by Crippen LogP contribution is -2.33. The molecule has 0 saturated heterocycles. The van der Waals surface area contributed by atoms with Crippen LogP contribution in [0.25, 0.3) is 0 Å². The lowest BCUT2D eigenvalue weighted by atomic mass is 10.1. The number of hydrogen-bond acceptors (Lipinski definition) is 4. The van der Waals surface area contributed by atoms with Crippen molar-refractivity contribution in [2.45, 2.75) is 26.0 Å². The van der Waals surface area contributed by atoms with E-state index in [1.54, 1.807) is 6.07 Å². The van der Waals surface area contributed by atoms with E-state index < -0.39 is 0 Å². The van der Waals surface area contributed by atoms with Crippen molar-refractivity contribution in [3.8, 4) is 5.75 Å². The van der Waals surface area contributed by atoms with Crippen molar-refractivity contribution in [2.24, 2.45) is 5.73 Å². The van der Waals surface area contributed by atoms with E-state index in [9.17, 15) is 4.39 Å². The van der Waals surface area contributed by atoms with Crippen LogP contribution in [0.15, 0.2) is 18.2 Å². The fourth-order valence-corrected chi connectivity index (χ4v) is 2.05. The first-order valence-corrected chi connectivity index (χ1v) is 6.85. The average molecular weight is 284 g/mol. The summed E-state index contributed by atoms with van der Waals surface area (Å²) in [4.78, 5) is 2.07. The van der Waals surface area contributed by atoms with Crippen LogP contribution in [0.2, 0.25) is 0 Å². The first kappa shape index (κ1) is 16.9. The first-order chi connectivity index (χ1) is 9.49. The molecule has 114 valence electrons. The maximum absolute atomic E-state index is 13.8. The van der Waals surface area contributed by atoms with Crippen molar-refractivity contribution in [3.63, 3.8) is 0 Å². The fraction of sp³-hybridized carbons (Fsp3) is 0.600. The molecule has 1 rings (SSSR count). The standard InChI is InChI=1S/C15H25FN2O2/c1-11(2)20-8-7-18(3)14(10-17)12-5-6-15(19-4)13(16)9-12/h5-6,9,11,14H,7-8,10,17H2,1-4H3. The number of halogens is 1. The average Bonchev–Trinajstić information content (AvgIpc) is 2.39. The molecular weight excluding hydrogens is 259 g/mol. The number of nitrogens with two attached hydrogens (primary N) is 1. The van der Waals surface area contributed by atoms with Crippen LogP contribution in [0.4, 0.5) is 4.39 Å². The van der Waals surface area contributed by atoms with Gasteiger partial charge in [0.05, 0.1) is 19.8 Å². The Kier molecular flexibility index (Phi) is 6.91. The molecular formula is C15H25FN2O2. The molecule has 0 radical (unpaired) electrons. The summed E-state index contributed by atoms with van der Waals surface area (Å²) in [6.45, 7) is 5.79. The number of benzene rings is 1. The number of methoxy groups -OCH3 is 1. The molecule has 1 aromatic carbocycles. The quantitative estimate of drug-likeness (QED) is 0.795. The summed E-state index contributed by atoms with van der Waals surface area (Å²) < 4.78 is 24.2. The molecule has 0 heterocycles. The normalized spacial score (nSPS) is 13.0. The summed E-state index contributed by atoms with van der Waals surface area (Å²) >= 11 is 0. The maximum atomic E-state index is 13.8. The van der Waals surface area contributed by atoms with Gasteiger partial charge in [-0.3, -0.25) is 4.90 Å². The van der Waals surface area contributed by atoms with Gasteiger partial charge in [-0.05, 0) is 38.6 Å². The van der Waals surface area contributed by atoms with E-state index in [4.69, 9.17) is 15.2 Å². The van der Waals surface area contributed by atoms with E-state index in [0.717, 1.165) is 12.1 Å². The topological polar surface area (TPSA) is 47.7 Å². The first-order valence-electron chi connectivity index (χ1n) is 6.85. The molecule has 0 amide bonds. The molecule has 1 unspecified atom stereocenters. The molecule has 0 aliphatic heterocycles. The highest BCUT2D eigenvalue weighted by atomic mass is 19.1. The zero-order chi connectivity index (χ0) is 15.1. The fourth-order valence-electron chi connectivity index (χ4n) is 2.05. The summed E-state index contributed by atoms with van der Waals surface area (Å²) in [5, 5.41) is 0. The van der Waals surface area contributed by atoms with Crippen molar-refractivity contribution < 1.29 is 13.9 Å². The van der Waals surface area contributed by atoms with E-state index in [2.05, 4.69) is 4.90 Å². The Morgan fingerprint density at radius 1 is 1.35 bits per heavy atom. The van der Waals surface area contributed by atoms with E-state index >= 15 is 0 Å². The highest BCUT2D eigenvalue weighted by Gasteiger charge is 2.17. The van der Waals surface area contributed by atoms with Gasteiger partial charge in [0.25, 0.3) is 0 Å². The number of likely N-dealkylation sites (N-methyl/N-ethyl adjacent to an activating group) is 1. The molecule has 0 fully saturated rings. The summed E-state index contributed by atoms with van der Waals surface area (Å²) in [6, 6.07) is 4.92. The Hall–Kier alpha value is -1.17. The lowest BCUT2D eigenvalue weighted by molar-refractivity contribution is 0.0564. The van der Waals surface area contributed by atoms with Crippen molar-refractivity contribution >= 4 is 0 Å². The maximum Gasteiger partial charge on any atom is 0.165 e. The Morgan fingerprint density at radius 2 is 2.05 bits per heavy atom. The molecule has 2 N–H and O–H groups in total. The van der Waals surface area contributed by atoms with Crippen LogP contribution < -0.4 is 10.5 Å². The van der Waals surface area contributed by atoms with Crippen LogP contribution in [-0.4, -0.2) is 44.9 Å². The number of ether oxygens (including phenoxy) is 2. The Labute approximate surface area is 120 Å². The molecule has 0 aliphatic rings. The van der Waals surface area contributed by atoms with Gasteiger partial charge in [-0.15, -0.1) is 0 Å². The van der Waals surface area contributed by atoms with Crippen molar-refractivity contribution in [3.05, 3.63) is 29.6 Å². The van der Waals surface area contributed by atoms with Crippen LogP contribution in [0.5, 0.6) is 5.75 Å². The molecule has 4 nitrogen and oxygen atoms in total. The second-order valence-corrected chi connectivity index (χ2v) is 5.05. The van der Waals surface area contributed by atoms with Gasteiger partial charge in [-0.25, -0.2) is 4.39 Å². The van der Waals surface area contributed by atoms with Crippen LogP contribution in [0.3, 0.4) is 0 Å². The number of hydrogen-bond donors (Lipinski definition) is 1. The van der Waals surface area contributed by atoms with Crippen molar-refractivity contribution in [1.29, 1.82) is 0 Å². The predicted octanol–water partition coefficient (Wildman–Crippen LogP) is 2.19. The van der Waals surface area contributed by atoms with E-state index in [1.165, 1.54) is 13.2 Å². The van der Waals surface area contributed by atoms with Crippen molar-refractivity contribution in [1.82, 2.24) is 4.90 Å². The van der Waals surface area contributed by atoms with Gasteiger partial charge in [0.2, 0.25) is 0 Å². The van der Waals surface area contributed by atoms with Gasteiger partial charge >= 0.3 is 0 Å². The minimum Gasteiger partial charge on any atom is -0.494 e. The Balaban J connectivity index is 2.71. The number of nitrogens with zero attached hydrogens (tertiary/aromatic N) is 1. The predicted molar refractivity (Wildman–Crippen MR) is 78.5 cm³/mol. The summed E-state index contributed by atoms with van der Waals surface area (Å²) in [5.41, 5.74) is 6.67. The highest BCUT2D eigenvalue weighted by Crippen LogP contribution is 2.24. The smallest absolute Gasteiger partial charge is 0.165 e. The summed E-state index contributed by atoms with van der Waals surface area (Å²) in [7, 11) is 3.41. The van der Waals surface area contributed by atoms with Gasteiger partial charge < -0.3 is 15.2 Å². The SMILES string of the molecule is COc1ccc(C(CN)N(C)CCOC(C)C)cc1F. The highest BCUT2D eigenvalue weighted by molar-refractivity contribution is 5.31. The van der Waals surface area contributed by atoms with Gasteiger partial charge in [0.15, 0.2) is 11.6 Å². The molecule has 0 bridgehead atoms. The molecule has 0 aliphatic carbocycles. The van der Waals surface area contributed by atoms with Gasteiger partial charge in [0.1, 0.15) is 0 Å². The summed E-state index contributed by atoms with van der Waals surface area (Å²) in [6.07, 6.45) is 0.207. The molecule has 1 aromatic rings. The second-order valence-electron chi connectivity index (χ2n) is 5.05. The third kappa shape index (κ3) is 4.74. The molecule has 1 atom stereocenters. The van der Waals surface area contributed by atoms with Gasteiger partial charge in [-0.1, -0.05) is 6.07 Å². The second kappa shape index (κ2) is 8.19. The minimum atomic E-state index is -0.365. The van der Waals surface area contributed by atoms with Gasteiger partial charge in [-0.2, -0.15) is 0 Å². The summed E-state index contributed by atoms with van der Waals surface area (Å²) in [5.74, 6) is -0.120. The molecule has 0 spiro atoms. The monoisotopic (exact) mass is 284 g/mol. The van der Waals surface area contributed by atoms with Crippen LogP contribution in [0, 0.1) is 5.82 Å². The Morgan fingerprint density at radius 3 is 2.55 bits per heavy atom. The van der Waals surface area contributed by atoms with Crippen molar-refractivity contribution in [2.75, 3.05) is 33.9 Å². The molecule has 5 heteroatoms. The van der Waals surface area contributed by atoms with Crippen LogP contribution in [0.1, 0.15) is 25.5 Å². The van der Waals surface area contributed by atoms with E-state index in [0.29, 0.717) is 13.2 Å². The van der Waals surface area contributed by atoms with Gasteiger partial charge in [0, 0.05) is 19.1 Å². The molecule has 20 heavy (non-hydrogen) atoms. The van der Waals surface area contributed by atoms with Crippen LogP contribution >= 0.6 is 0 Å². The van der Waals surface area contributed by atoms with E-state index in [1.807, 2.05) is 27.0 Å². The Bertz CT molecular complexity index is 413. The molecule has 0 saturated carbocycles. The third-order valence-electron chi connectivity index (χ3n) is 3.21. The zero-order valence-corrected chi connectivity index (χ0v) is 12.7. The number of rotatable bonds is 8. The lowest BCUT2D eigenvalue weighted by Gasteiger charge is -2.27. The largest absolute Gasteiger partial charge is 0.494 e. The zero-order valence-electron chi connectivity index (χ0n) is 12.7. The van der Waals surface area contributed by atoms with Crippen LogP contribution in [-0.2, 0) is 4.74 Å². The minimum absolute atomic E-state index is 0.0360.